The Kier molecular flexibility index (Phi) is 7.06. The number of nitrogens with zero attached hydrogens (tertiary/aromatic N) is 1. The molecule has 144 valence electrons. The van der Waals surface area contributed by atoms with E-state index in [9.17, 15) is 9.90 Å². The third-order valence-electron chi connectivity index (χ3n) is 5.45. The van der Waals surface area contributed by atoms with E-state index in [1.165, 1.54) is 18.4 Å². The second-order valence-corrected chi connectivity index (χ2v) is 7.43. The summed E-state index contributed by atoms with van der Waals surface area (Å²) in [5, 5.41) is 9.69. The fourth-order valence-corrected chi connectivity index (χ4v) is 3.99. The second-order valence-electron chi connectivity index (χ2n) is 7.43. The predicted octanol–water partition coefficient (Wildman–Crippen LogP) is 3.25. The molecule has 0 radical (unpaired) electrons. The lowest BCUT2D eigenvalue weighted by Crippen LogP contribution is -2.37. The zero-order chi connectivity index (χ0) is 18.4. The highest BCUT2D eigenvalue weighted by atomic mass is 16.6. The average molecular weight is 361 g/mol. The van der Waals surface area contributed by atoms with E-state index in [0.717, 1.165) is 19.3 Å². The summed E-state index contributed by atoms with van der Waals surface area (Å²) in [7, 11) is 0. The minimum atomic E-state index is -0.727. The zero-order valence-electron chi connectivity index (χ0n) is 15.7. The van der Waals surface area contributed by atoms with E-state index in [4.69, 9.17) is 9.47 Å². The summed E-state index contributed by atoms with van der Waals surface area (Å²) in [6.07, 6.45) is 5.62. The Balaban J connectivity index is 1.52. The standard InChI is InChI=1S/C21H31NO4/c1-2-3-5-10-17(25-15-16-8-6-4-7-9-16)11-12-22-18-13-21(24)26-19(18)14-20(22)23/h4,6-9,17-19,21,24H,2-3,5,10-15H2,1H3. The van der Waals surface area contributed by atoms with Crippen molar-refractivity contribution in [3.63, 3.8) is 0 Å². The fourth-order valence-electron chi connectivity index (χ4n) is 3.99. The van der Waals surface area contributed by atoms with Gasteiger partial charge < -0.3 is 19.5 Å². The lowest BCUT2D eigenvalue weighted by atomic mass is 10.1. The summed E-state index contributed by atoms with van der Waals surface area (Å²) in [6, 6.07) is 10.3. The van der Waals surface area contributed by atoms with Crippen molar-refractivity contribution < 1.29 is 19.4 Å². The van der Waals surface area contributed by atoms with Crippen LogP contribution in [0.2, 0.25) is 0 Å². The maximum Gasteiger partial charge on any atom is 0.225 e. The van der Waals surface area contributed by atoms with Crippen molar-refractivity contribution in [1.82, 2.24) is 4.90 Å². The summed E-state index contributed by atoms with van der Waals surface area (Å²) < 4.78 is 11.6. The van der Waals surface area contributed by atoms with Crippen LogP contribution in [0.4, 0.5) is 0 Å². The molecule has 4 unspecified atom stereocenters. The Morgan fingerprint density at radius 3 is 2.85 bits per heavy atom. The normalized spacial score (nSPS) is 26.3. The quantitative estimate of drug-likeness (QED) is 0.650. The van der Waals surface area contributed by atoms with Gasteiger partial charge in [0.25, 0.3) is 0 Å². The van der Waals surface area contributed by atoms with E-state index in [-0.39, 0.29) is 24.2 Å². The first-order valence-corrected chi connectivity index (χ1v) is 9.96. The lowest BCUT2D eigenvalue weighted by Gasteiger charge is -2.26. The van der Waals surface area contributed by atoms with Crippen molar-refractivity contribution in [3.05, 3.63) is 35.9 Å². The van der Waals surface area contributed by atoms with Crippen LogP contribution in [0.15, 0.2) is 30.3 Å². The topological polar surface area (TPSA) is 59.0 Å². The van der Waals surface area contributed by atoms with Gasteiger partial charge >= 0.3 is 0 Å². The Labute approximate surface area is 156 Å². The molecule has 1 aromatic carbocycles. The fraction of sp³-hybridized carbons (Fsp3) is 0.667. The van der Waals surface area contributed by atoms with Gasteiger partial charge in [0.1, 0.15) is 0 Å². The van der Waals surface area contributed by atoms with Gasteiger partial charge in [-0.2, -0.15) is 0 Å². The number of hydrogen-bond donors (Lipinski definition) is 1. The summed E-state index contributed by atoms with van der Waals surface area (Å²) in [5.41, 5.74) is 1.18. The molecule has 1 aromatic rings. The second kappa shape index (κ2) is 9.49. The highest BCUT2D eigenvalue weighted by molar-refractivity contribution is 5.80. The van der Waals surface area contributed by atoms with Crippen molar-refractivity contribution in [2.75, 3.05) is 6.54 Å². The number of hydrogen-bond acceptors (Lipinski definition) is 4. The average Bonchev–Trinajstić information content (AvgIpc) is 3.13. The van der Waals surface area contributed by atoms with E-state index >= 15 is 0 Å². The molecule has 2 aliphatic rings. The molecule has 5 heteroatoms. The molecule has 0 aliphatic carbocycles. The predicted molar refractivity (Wildman–Crippen MR) is 99.4 cm³/mol. The minimum absolute atomic E-state index is 0.0305. The number of rotatable bonds is 10. The van der Waals surface area contributed by atoms with Gasteiger partial charge in [0.15, 0.2) is 6.29 Å². The van der Waals surface area contributed by atoms with Crippen molar-refractivity contribution in [1.29, 1.82) is 0 Å². The number of carbonyl (C=O) groups excluding carboxylic acids is 1. The van der Waals surface area contributed by atoms with Gasteiger partial charge in [0, 0.05) is 13.0 Å². The molecular formula is C21H31NO4. The smallest absolute Gasteiger partial charge is 0.225 e. The number of ether oxygens (including phenoxy) is 2. The Morgan fingerprint density at radius 1 is 1.27 bits per heavy atom. The van der Waals surface area contributed by atoms with Gasteiger partial charge in [0.05, 0.1) is 31.3 Å². The van der Waals surface area contributed by atoms with Crippen LogP contribution in [-0.2, 0) is 20.9 Å². The van der Waals surface area contributed by atoms with Gasteiger partial charge in [0.2, 0.25) is 5.91 Å². The molecule has 4 atom stereocenters. The first kappa shape index (κ1) is 19.3. The highest BCUT2D eigenvalue weighted by Crippen LogP contribution is 2.33. The van der Waals surface area contributed by atoms with Gasteiger partial charge in [-0.05, 0) is 18.4 Å². The maximum absolute atomic E-state index is 12.3. The van der Waals surface area contributed by atoms with Crippen LogP contribution < -0.4 is 0 Å². The van der Waals surface area contributed by atoms with Gasteiger partial charge in [-0.25, -0.2) is 0 Å². The monoisotopic (exact) mass is 361 g/mol. The van der Waals surface area contributed by atoms with Crippen LogP contribution in [0, 0.1) is 0 Å². The Hall–Kier alpha value is -1.43. The molecule has 2 saturated heterocycles. The number of amides is 1. The number of unbranched alkanes of at least 4 members (excludes halogenated alkanes) is 2. The van der Waals surface area contributed by atoms with Gasteiger partial charge in [-0.3, -0.25) is 4.79 Å². The van der Waals surface area contributed by atoms with Crippen LogP contribution in [-0.4, -0.2) is 47.0 Å². The van der Waals surface area contributed by atoms with Crippen LogP contribution in [0.1, 0.15) is 57.4 Å². The number of carbonyl (C=O) groups is 1. The third kappa shape index (κ3) is 5.06. The third-order valence-corrected chi connectivity index (χ3v) is 5.45. The molecule has 2 aliphatic heterocycles. The molecule has 0 spiro atoms. The molecule has 2 heterocycles. The molecule has 1 N–H and O–H groups in total. The van der Waals surface area contributed by atoms with E-state index in [2.05, 4.69) is 19.1 Å². The van der Waals surface area contributed by atoms with Gasteiger partial charge in [-0.15, -0.1) is 0 Å². The summed E-state index contributed by atoms with van der Waals surface area (Å²) in [6.45, 7) is 3.50. The molecular weight excluding hydrogens is 330 g/mol. The van der Waals surface area contributed by atoms with Crippen LogP contribution in [0.3, 0.4) is 0 Å². The summed E-state index contributed by atoms with van der Waals surface area (Å²) in [5.74, 6) is 0.141. The van der Waals surface area contributed by atoms with Crippen molar-refractivity contribution in [3.8, 4) is 0 Å². The molecule has 5 nitrogen and oxygen atoms in total. The molecule has 0 saturated carbocycles. The van der Waals surface area contributed by atoms with E-state index in [1.807, 2.05) is 23.1 Å². The number of benzene rings is 1. The lowest BCUT2D eigenvalue weighted by molar-refractivity contribution is -0.132. The molecule has 0 bridgehead atoms. The number of aliphatic hydroxyl groups is 1. The van der Waals surface area contributed by atoms with E-state index < -0.39 is 6.29 Å². The summed E-state index contributed by atoms with van der Waals surface area (Å²) in [4.78, 5) is 14.2. The largest absolute Gasteiger partial charge is 0.373 e. The number of fused-ring (bicyclic) bond motifs is 1. The molecule has 26 heavy (non-hydrogen) atoms. The first-order chi connectivity index (χ1) is 12.7. The van der Waals surface area contributed by atoms with Crippen molar-refractivity contribution in [2.45, 2.75) is 83.0 Å². The molecule has 0 aromatic heterocycles. The SMILES string of the molecule is CCCCCC(CCN1C(=O)CC2OC(O)CC21)OCc1ccccc1. The van der Waals surface area contributed by atoms with Crippen LogP contribution in [0.25, 0.3) is 0 Å². The zero-order valence-corrected chi connectivity index (χ0v) is 15.7. The molecule has 1 amide bonds. The number of aliphatic hydroxyl groups excluding tert-OH is 1. The Bertz CT molecular complexity index is 564. The van der Waals surface area contributed by atoms with Crippen molar-refractivity contribution in [2.24, 2.45) is 0 Å². The Morgan fingerprint density at radius 2 is 2.08 bits per heavy atom. The van der Waals surface area contributed by atoms with Crippen LogP contribution in [0.5, 0.6) is 0 Å². The van der Waals surface area contributed by atoms with E-state index in [0.29, 0.717) is 26.0 Å². The molecule has 2 fully saturated rings. The summed E-state index contributed by atoms with van der Waals surface area (Å²) >= 11 is 0. The minimum Gasteiger partial charge on any atom is -0.373 e. The van der Waals surface area contributed by atoms with Crippen LogP contribution >= 0.6 is 0 Å². The maximum atomic E-state index is 12.3. The number of likely N-dealkylation sites (tertiary alicyclic amines) is 1. The molecule has 3 rings (SSSR count). The van der Waals surface area contributed by atoms with E-state index in [1.54, 1.807) is 0 Å². The van der Waals surface area contributed by atoms with Gasteiger partial charge in [-0.1, -0.05) is 56.5 Å². The van der Waals surface area contributed by atoms with Crippen molar-refractivity contribution >= 4 is 5.91 Å². The first-order valence-electron chi connectivity index (χ1n) is 9.96. The highest BCUT2D eigenvalue weighted by Gasteiger charge is 2.46.